The molecular formula is C23H21ClN2O3S2. The lowest BCUT2D eigenvalue weighted by atomic mass is 10.2. The van der Waals surface area contributed by atoms with Crippen LogP contribution in [0.3, 0.4) is 0 Å². The van der Waals surface area contributed by atoms with E-state index in [1.54, 1.807) is 34.9 Å². The molecule has 0 saturated heterocycles. The summed E-state index contributed by atoms with van der Waals surface area (Å²) < 4.78 is 30.3. The molecule has 0 amide bonds. The Morgan fingerprint density at radius 1 is 0.968 bits per heavy atom. The highest BCUT2D eigenvalue weighted by Crippen LogP contribution is 2.25. The number of hydrogen-bond donors (Lipinski definition) is 0. The lowest BCUT2D eigenvalue weighted by Gasteiger charge is -2.20. The summed E-state index contributed by atoms with van der Waals surface area (Å²) in [5.74, 6) is 0. The van der Waals surface area contributed by atoms with E-state index < -0.39 is 10.0 Å². The van der Waals surface area contributed by atoms with Gasteiger partial charge in [-0.1, -0.05) is 72.3 Å². The zero-order valence-corrected chi connectivity index (χ0v) is 19.3. The van der Waals surface area contributed by atoms with Crippen molar-refractivity contribution < 1.29 is 8.42 Å². The minimum absolute atomic E-state index is 0.129. The first-order valence-electron chi connectivity index (χ1n) is 9.80. The molecule has 0 aliphatic heterocycles. The second-order valence-corrected chi connectivity index (χ2v) is 10.5. The summed E-state index contributed by atoms with van der Waals surface area (Å²) in [7, 11) is -3.69. The van der Waals surface area contributed by atoms with Gasteiger partial charge in [0.2, 0.25) is 10.0 Å². The van der Waals surface area contributed by atoms with Crippen molar-refractivity contribution in [3.63, 3.8) is 0 Å². The average Bonchev–Trinajstić information content (AvgIpc) is 3.08. The van der Waals surface area contributed by atoms with Crippen LogP contribution in [0, 0.1) is 0 Å². The third kappa shape index (κ3) is 4.60. The lowest BCUT2D eigenvalue weighted by Crippen LogP contribution is -2.30. The zero-order valence-electron chi connectivity index (χ0n) is 16.9. The van der Waals surface area contributed by atoms with E-state index in [0.717, 1.165) is 28.0 Å². The van der Waals surface area contributed by atoms with Crippen LogP contribution in [0.4, 0.5) is 0 Å². The Kier molecular flexibility index (Phi) is 6.29. The maximum Gasteiger partial charge on any atom is 0.308 e. The smallest absolute Gasteiger partial charge is 0.294 e. The minimum Gasteiger partial charge on any atom is -0.294 e. The molecule has 0 radical (unpaired) electrons. The molecule has 0 N–H and O–H groups in total. The minimum atomic E-state index is -3.69. The number of aromatic nitrogens is 1. The SMILES string of the molecule is CCN(Cc1ccccc1)S(=O)(=O)c1ccc2c(c1)sc(=O)n2Cc1ccc(Cl)cc1. The third-order valence-electron chi connectivity index (χ3n) is 5.09. The Morgan fingerprint density at radius 2 is 1.68 bits per heavy atom. The molecule has 8 heteroatoms. The van der Waals surface area contributed by atoms with Crippen LogP contribution in [-0.2, 0) is 23.1 Å². The van der Waals surface area contributed by atoms with Gasteiger partial charge in [0, 0.05) is 18.1 Å². The molecule has 0 fully saturated rings. The summed E-state index contributed by atoms with van der Waals surface area (Å²) in [6.45, 7) is 2.87. The van der Waals surface area contributed by atoms with Gasteiger partial charge in [0.15, 0.2) is 0 Å². The van der Waals surface area contributed by atoms with Crippen LogP contribution in [0.25, 0.3) is 10.2 Å². The first-order valence-corrected chi connectivity index (χ1v) is 12.4. The first kappa shape index (κ1) is 21.8. The van der Waals surface area contributed by atoms with Gasteiger partial charge >= 0.3 is 4.87 Å². The maximum atomic E-state index is 13.3. The van der Waals surface area contributed by atoms with Crippen molar-refractivity contribution >= 4 is 43.2 Å². The molecule has 4 rings (SSSR count). The average molecular weight is 473 g/mol. The van der Waals surface area contributed by atoms with E-state index in [9.17, 15) is 13.2 Å². The van der Waals surface area contributed by atoms with Gasteiger partial charge in [-0.2, -0.15) is 4.31 Å². The molecular weight excluding hydrogens is 452 g/mol. The number of fused-ring (bicyclic) bond motifs is 1. The number of rotatable bonds is 7. The van der Waals surface area contributed by atoms with Crippen molar-refractivity contribution in [2.75, 3.05) is 6.54 Å². The van der Waals surface area contributed by atoms with Crippen molar-refractivity contribution in [3.8, 4) is 0 Å². The fourth-order valence-electron chi connectivity index (χ4n) is 3.43. The van der Waals surface area contributed by atoms with Crippen molar-refractivity contribution in [1.82, 2.24) is 8.87 Å². The van der Waals surface area contributed by atoms with Crippen LogP contribution >= 0.6 is 22.9 Å². The topological polar surface area (TPSA) is 59.4 Å². The number of halogens is 1. The van der Waals surface area contributed by atoms with E-state index >= 15 is 0 Å². The van der Waals surface area contributed by atoms with E-state index in [0.29, 0.717) is 29.4 Å². The van der Waals surface area contributed by atoms with E-state index in [1.807, 2.05) is 49.4 Å². The van der Waals surface area contributed by atoms with Crippen LogP contribution < -0.4 is 4.87 Å². The summed E-state index contributed by atoms with van der Waals surface area (Å²) >= 11 is 6.99. The molecule has 4 aromatic rings. The lowest BCUT2D eigenvalue weighted by molar-refractivity contribution is 0.423. The summed E-state index contributed by atoms with van der Waals surface area (Å²) in [4.78, 5) is 12.7. The van der Waals surface area contributed by atoms with E-state index in [2.05, 4.69) is 0 Å². The summed E-state index contributed by atoms with van der Waals surface area (Å²) in [5, 5.41) is 0.636. The highest BCUT2D eigenvalue weighted by Gasteiger charge is 2.24. The van der Waals surface area contributed by atoms with E-state index in [4.69, 9.17) is 11.6 Å². The summed E-state index contributed by atoms with van der Waals surface area (Å²) in [6.07, 6.45) is 0. The van der Waals surface area contributed by atoms with Gasteiger partial charge < -0.3 is 0 Å². The number of sulfonamides is 1. The van der Waals surface area contributed by atoms with Gasteiger partial charge in [-0.25, -0.2) is 8.42 Å². The third-order valence-corrected chi connectivity index (χ3v) is 8.20. The second kappa shape index (κ2) is 8.96. The van der Waals surface area contributed by atoms with Gasteiger partial charge in [0.25, 0.3) is 0 Å². The zero-order chi connectivity index (χ0) is 22.0. The van der Waals surface area contributed by atoms with Crippen molar-refractivity contribution in [2.24, 2.45) is 0 Å². The largest absolute Gasteiger partial charge is 0.308 e. The Labute approximate surface area is 190 Å². The molecule has 160 valence electrons. The molecule has 0 spiro atoms. The molecule has 31 heavy (non-hydrogen) atoms. The molecule has 0 atom stereocenters. The quantitative estimate of drug-likeness (QED) is 0.381. The normalized spacial score (nSPS) is 12.0. The molecule has 0 unspecified atom stereocenters. The van der Waals surface area contributed by atoms with Crippen LogP contribution in [-0.4, -0.2) is 23.8 Å². The maximum absolute atomic E-state index is 13.3. The van der Waals surface area contributed by atoms with Crippen molar-refractivity contribution in [2.45, 2.75) is 24.9 Å². The monoisotopic (exact) mass is 472 g/mol. The van der Waals surface area contributed by atoms with E-state index in [1.165, 1.54) is 4.31 Å². The van der Waals surface area contributed by atoms with E-state index in [-0.39, 0.29) is 9.77 Å². The molecule has 0 saturated carbocycles. The molecule has 5 nitrogen and oxygen atoms in total. The van der Waals surface area contributed by atoms with Gasteiger partial charge in [-0.15, -0.1) is 0 Å². The van der Waals surface area contributed by atoms with Gasteiger partial charge in [0.05, 0.1) is 21.7 Å². The second-order valence-electron chi connectivity index (χ2n) is 7.13. The van der Waals surface area contributed by atoms with Crippen LogP contribution in [0.5, 0.6) is 0 Å². The van der Waals surface area contributed by atoms with Crippen LogP contribution in [0.15, 0.2) is 82.5 Å². The standard InChI is InChI=1S/C23H21ClN2O3S2/c1-2-25(15-17-6-4-3-5-7-17)31(28,29)20-12-13-21-22(14-20)30-23(27)26(21)16-18-8-10-19(24)11-9-18/h3-14H,2,15-16H2,1H3. The van der Waals surface area contributed by atoms with Crippen molar-refractivity contribution in [3.05, 3.63) is 98.6 Å². The Hall–Kier alpha value is -2.45. The van der Waals surface area contributed by atoms with Gasteiger partial charge in [-0.3, -0.25) is 9.36 Å². The Bertz CT molecular complexity index is 1360. The molecule has 1 aromatic heterocycles. The van der Waals surface area contributed by atoms with Crippen LogP contribution in [0.2, 0.25) is 5.02 Å². The molecule has 0 aliphatic rings. The fraction of sp³-hybridized carbons (Fsp3) is 0.174. The molecule has 1 heterocycles. The number of hydrogen-bond acceptors (Lipinski definition) is 4. The fourth-order valence-corrected chi connectivity index (χ4v) is 6.03. The molecule has 0 bridgehead atoms. The van der Waals surface area contributed by atoms with Gasteiger partial charge in [0.1, 0.15) is 0 Å². The number of benzene rings is 3. The molecule has 0 aliphatic carbocycles. The predicted molar refractivity (Wildman–Crippen MR) is 126 cm³/mol. The van der Waals surface area contributed by atoms with Crippen LogP contribution in [0.1, 0.15) is 18.1 Å². The van der Waals surface area contributed by atoms with Crippen molar-refractivity contribution in [1.29, 1.82) is 0 Å². The number of nitrogens with zero attached hydrogens (tertiary/aromatic N) is 2. The van der Waals surface area contributed by atoms with Gasteiger partial charge in [-0.05, 0) is 41.5 Å². The first-order chi connectivity index (χ1) is 14.9. The Balaban J connectivity index is 1.67. The summed E-state index contributed by atoms with van der Waals surface area (Å²) in [5.41, 5.74) is 2.59. The highest BCUT2D eigenvalue weighted by atomic mass is 35.5. The highest BCUT2D eigenvalue weighted by molar-refractivity contribution is 7.89. The number of thiazole rings is 1. The Morgan fingerprint density at radius 3 is 2.35 bits per heavy atom. The predicted octanol–water partition coefficient (Wildman–Crippen LogP) is 4.98. The molecule has 3 aromatic carbocycles. The summed E-state index contributed by atoms with van der Waals surface area (Å²) in [6, 6.07) is 21.7.